The SMILES string of the molecule is C=C(F)C(=O)N1CCN(c2nc(OCC34CCCN3CCC4F)nc3c2CCN(c2cccc4ccc(F)c(Cl)c24)C3)C[C@@H]1CC#N. The van der Waals surface area contributed by atoms with Crippen molar-refractivity contribution in [3.8, 4) is 12.1 Å². The fourth-order valence-corrected chi connectivity index (χ4v) is 8.12. The van der Waals surface area contributed by atoms with Crippen molar-refractivity contribution in [2.75, 3.05) is 55.7 Å². The first-order valence-electron chi connectivity index (χ1n) is 16.0. The zero-order chi connectivity index (χ0) is 32.9. The number of nitrogens with zero attached hydrogens (tertiary/aromatic N) is 7. The molecule has 246 valence electrons. The Morgan fingerprint density at radius 2 is 2.00 bits per heavy atom. The average molecular weight is 666 g/mol. The molecule has 7 rings (SSSR count). The van der Waals surface area contributed by atoms with Gasteiger partial charge < -0.3 is 19.4 Å². The van der Waals surface area contributed by atoms with Crippen LogP contribution < -0.4 is 14.5 Å². The summed E-state index contributed by atoms with van der Waals surface area (Å²) in [5.41, 5.74) is 1.67. The Hall–Kier alpha value is -4.08. The van der Waals surface area contributed by atoms with Gasteiger partial charge in [0.1, 0.15) is 24.4 Å². The monoisotopic (exact) mass is 665 g/mol. The van der Waals surface area contributed by atoms with E-state index >= 15 is 4.39 Å². The van der Waals surface area contributed by atoms with Crippen LogP contribution in [-0.4, -0.2) is 89.3 Å². The Bertz CT molecular complexity index is 1790. The average Bonchev–Trinajstić information content (AvgIpc) is 3.63. The molecule has 3 saturated heterocycles. The standard InChI is InChI=1S/C34H35ClF3N7O2/c1-21(36)32(46)45-17-16-43(18-23(45)8-12-39)31-24-9-14-42(27-5-2-4-22-6-7-25(37)30(35)29(22)27)19-26(24)40-33(41-31)47-20-34-11-3-13-44(34)15-10-28(34)38/h2,4-7,23,28H,1,3,8-11,13-20H2/t23-,28?,34?/m0/s1. The van der Waals surface area contributed by atoms with Crippen molar-refractivity contribution in [3.05, 3.63) is 64.8 Å². The Labute approximate surface area is 276 Å². The Morgan fingerprint density at radius 3 is 2.81 bits per heavy atom. The second kappa shape index (κ2) is 12.5. The molecule has 0 aliphatic carbocycles. The highest BCUT2D eigenvalue weighted by atomic mass is 35.5. The minimum Gasteiger partial charge on any atom is -0.461 e. The highest BCUT2D eigenvalue weighted by Crippen LogP contribution is 2.42. The van der Waals surface area contributed by atoms with Crippen LogP contribution in [0, 0.1) is 17.1 Å². The van der Waals surface area contributed by atoms with Crippen LogP contribution in [0.5, 0.6) is 6.01 Å². The van der Waals surface area contributed by atoms with E-state index in [1.54, 1.807) is 6.07 Å². The molecule has 4 aliphatic heterocycles. The molecule has 0 N–H and O–H groups in total. The highest BCUT2D eigenvalue weighted by molar-refractivity contribution is 6.36. The van der Waals surface area contributed by atoms with Crippen LogP contribution in [0.4, 0.5) is 24.7 Å². The van der Waals surface area contributed by atoms with Crippen LogP contribution >= 0.6 is 11.6 Å². The number of rotatable bonds is 7. The van der Waals surface area contributed by atoms with Gasteiger partial charge in [-0.25, -0.2) is 13.2 Å². The molecule has 3 fully saturated rings. The molecule has 2 unspecified atom stereocenters. The van der Waals surface area contributed by atoms with Crippen molar-refractivity contribution >= 4 is 39.8 Å². The summed E-state index contributed by atoms with van der Waals surface area (Å²) in [5, 5.41) is 11.0. The third kappa shape index (κ3) is 5.53. The number of fused-ring (bicyclic) bond motifs is 3. The molecule has 2 aromatic carbocycles. The van der Waals surface area contributed by atoms with Gasteiger partial charge in [0.2, 0.25) is 0 Å². The maximum Gasteiger partial charge on any atom is 0.318 e. The maximum absolute atomic E-state index is 15.3. The summed E-state index contributed by atoms with van der Waals surface area (Å²) in [7, 11) is 0. The molecule has 47 heavy (non-hydrogen) atoms. The number of halogens is 4. The lowest BCUT2D eigenvalue weighted by Gasteiger charge is -2.42. The van der Waals surface area contributed by atoms with E-state index in [0.29, 0.717) is 62.3 Å². The van der Waals surface area contributed by atoms with Crippen LogP contribution in [0.3, 0.4) is 0 Å². The molecule has 3 aromatic rings. The maximum atomic E-state index is 15.3. The van der Waals surface area contributed by atoms with E-state index in [9.17, 15) is 18.8 Å². The number of piperazine rings is 1. The summed E-state index contributed by atoms with van der Waals surface area (Å²) >= 11 is 6.49. The van der Waals surface area contributed by atoms with Gasteiger partial charge in [-0.05, 0) is 49.7 Å². The Kier molecular flexibility index (Phi) is 8.39. The molecule has 9 nitrogen and oxygen atoms in total. The molecule has 0 radical (unpaired) electrons. The van der Waals surface area contributed by atoms with Crippen LogP contribution in [0.1, 0.15) is 36.9 Å². The fourth-order valence-electron chi connectivity index (χ4n) is 7.85. The van der Waals surface area contributed by atoms with Gasteiger partial charge in [-0.3, -0.25) is 9.69 Å². The molecule has 5 heterocycles. The number of hydrogen-bond acceptors (Lipinski definition) is 8. The number of nitriles is 1. The number of aromatic nitrogens is 2. The van der Waals surface area contributed by atoms with Crippen molar-refractivity contribution in [1.29, 1.82) is 5.26 Å². The first kappa shape index (κ1) is 31.5. The molecule has 1 aromatic heterocycles. The number of ether oxygens (including phenoxy) is 1. The molecular weight excluding hydrogens is 631 g/mol. The van der Waals surface area contributed by atoms with Crippen molar-refractivity contribution in [2.24, 2.45) is 0 Å². The summed E-state index contributed by atoms with van der Waals surface area (Å²) in [5.74, 6) is -1.77. The molecule has 0 bridgehead atoms. The van der Waals surface area contributed by atoms with Gasteiger partial charge in [0, 0.05) is 49.4 Å². The first-order chi connectivity index (χ1) is 22.7. The predicted octanol–water partition coefficient (Wildman–Crippen LogP) is 5.35. The van der Waals surface area contributed by atoms with Gasteiger partial charge in [-0.15, -0.1) is 0 Å². The zero-order valence-corrected chi connectivity index (χ0v) is 26.7. The van der Waals surface area contributed by atoms with E-state index in [2.05, 4.69) is 22.4 Å². The van der Waals surface area contributed by atoms with Crippen molar-refractivity contribution < 1.29 is 22.7 Å². The van der Waals surface area contributed by atoms with Crippen molar-refractivity contribution in [1.82, 2.24) is 19.8 Å². The number of alkyl halides is 1. The van der Waals surface area contributed by atoms with Crippen LogP contribution in [0.25, 0.3) is 10.8 Å². The van der Waals surface area contributed by atoms with E-state index in [1.807, 2.05) is 23.1 Å². The smallest absolute Gasteiger partial charge is 0.318 e. The van der Waals surface area contributed by atoms with Gasteiger partial charge in [0.15, 0.2) is 5.83 Å². The van der Waals surface area contributed by atoms with Gasteiger partial charge in [-0.1, -0.05) is 36.4 Å². The van der Waals surface area contributed by atoms with E-state index in [4.69, 9.17) is 26.3 Å². The molecular formula is C34H35ClF3N7O2. The summed E-state index contributed by atoms with van der Waals surface area (Å²) < 4.78 is 50.0. The lowest BCUT2D eigenvalue weighted by molar-refractivity contribution is -0.131. The van der Waals surface area contributed by atoms with E-state index < -0.39 is 35.3 Å². The minimum absolute atomic E-state index is 0.00850. The minimum atomic E-state index is -1.07. The van der Waals surface area contributed by atoms with Crippen LogP contribution in [-0.2, 0) is 17.8 Å². The molecule has 13 heteroatoms. The number of amides is 1. The Balaban J connectivity index is 1.24. The van der Waals surface area contributed by atoms with Crippen LogP contribution in [0.2, 0.25) is 5.02 Å². The third-order valence-electron chi connectivity index (χ3n) is 10.2. The normalized spacial score (nSPS) is 24.3. The second-order valence-electron chi connectivity index (χ2n) is 12.8. The summed E-state index contributed by atoms with van der Waals surface area (Å²) in [6.45, 7) is 6.50. The predicted molar refractivity (Wildman–Crippen MR) is 172 cm³/mol. The number of benzene rings is 2. The highest BCUT2D eigenvalue weighted by Gasteiger charge is 2.52. The topological polar surface area (TPSA) is 88.8 Å². The number of carbonyl (C=O) groups is 1. The largest absolute Gasteiger partial charge is 0.461 e. The fraction of sp³-hybridized carbons (Fsp3) is 0.471. The van der Waals surface area contributed by atoms with Crippen molar-refractivity contribution in [2.45, 2.75) is 56.4 Å². The molecule has 1 amide bonds. The quantitative estimate of drug-likeness (QED) is 0.312. The van der Waals surface area contributed by atoms with Gasteiger partial charge in [-0.2, -0.15) is 15.2 Å². The van der Waals surface area contributed by atoms with Gasteiger partial charge in [0.05, 0.1) is 41.3 Å². The summed E-state index contributed by atoms with van der Waals surface area (Å²) in [4.78, 5) is 29.9. The number of carbonyl (C=O) groups excluding carboxylic acids is 1. The molecule has 4 aliphatic rings. The summed E-state index contributed by atoms with van der Waals surface area (Å²) in [6, 6.07) is 10.4. The Morgan fingerprint density at radius 1 is 1.15 bits per heavy atom. The molecule has 0 saturated carbocycles. The lowest BCUT2D eigenvalue weighted by Crippen LogP contribution is -2.55. The third-order valence-corrected chi connectivity index (χ3v) is 10.6. The number of hydrogen-bond donors (Lipinski definition) is 0. The van der Waals surface area contributed by atoms with Gasteiger partial charge in [0.25, 0.3) is 5.91 Å². The second-order valence-corrected chi connectivity index (χ2v) is 13.1. The van der Waals surface area contributed by atoms with Gasteiger partial charge >= 0.3 is 6.01 Å². The van der Waals surface area contributed by atoms with E-state index in [0.717, 1.165) is 29.6 Å². The summed E-state index contributed by atoms with van der Waals surface area (Å²) in [6.07, 6.45) is 1.62. The zero-order valence-electron chi connectivity index (χ0n) is 25.9. The van der Waals surface area contributed by atoms with Crippen LogP contribution in [0.15, 0.2) is 42.7 Å². The lowest BCUT2D eigenvalue weighted by atomic mass is 9.93. The van der Waals surface area contributed by atoms with E-state index in [-0.39, 0.29) is 37.2 Å². The molecule has 0 spiro atoms. The van der Waals surface area contributed by atoms with E-state index in [1.165, 1.54) is 11.0 Å². The first-order valence-corrected chi connectivity index (χ1v) is 16.4. The molecule has 3 atom stereocenters. The number of anilines is 2. The van der Waals surface area contributed by atoms with Crippen molar-refractivity contribution in [3.63, 3.8) is 0 Å².